The van der Waals surface area contributed by atoms with Gasteiger partial charge in [0.15, 0.2) is 0 Å². The zero-order valence-electron chi connectivity index (χ0n) is 7.84. The van der Waals surface area contributed by atoms with Crippen molar-refractivity contribution in [1.82, 2.24) is 5.32 Å². The third-order valence-electron chi connectivity index (χ3n) is 1.99. The van der Waals surface area contributed by atoms with E-state index in [0.29, 0.717) is 11.6 Å². The Balaban J connectivity index is 2.88. The first-order valence-corrected chi connectivity index (χ1v) is 4.61. The molecule has 0 saturated heterocycles. The highest BCUT2D eigenvalue weighted by Crippen LogP contribution is 2.20. The number of benzene rings is 1. The van der Waals surface area contributed by atoms with Crippen molar-refractivity contribution in [2.75, 3.05) is 13.6 Å². The summed E-state index contributed by atoms with van der Waals surface area (Å²) in [5, 5.41) is 13.3. The number of halogens is 1. The SMILES string of the molecule is CNCC(O)c1ccc(Cl)cc1C. The van der Waals surface area contributed by atoms with Crippen LogP contribution in [0.1, 0.15) is 17.2 Å². The van der Waals surface area contributed by atoms with Gasteiger partial charge in [-0.3, -0.25) is 0 Å². The van der Waals surface area contributed by atoms with Gasteiger partial charge in [0.2, 0.25) is 0 Å². The number of rotatable bonds is 3. The number of hydrogen-bond acceptors (Lipinski definition) is 2. The monoisotopic (exact) mass is 199 g/mol. The first-order valence-electron chi connectivity index (χ1n) is 4.24. The van der Waals surface area contributed by atoms with E-state index in [0.717, 1.165) is 11.1 Å². The van der Waals surface area contributed by atoms with Crippen molar-refractivity contribution in [1.29, 1.82) is 0 Å². The van der Waals surface area contributed by atoms with Crippen LogP contribution in [0.3, 0.4) is 0 Å². The van der Waals surface area contributed by atoms with Crippen LogP contribution in [0.5, 0.6) is 0 Å². The van der Waals surface area contributed by atoms with Gasteiger partial charge in [-0.25, -0.2) is 0 Å². The average molecular weight is 200 g/mol. The largest absolute Gasteiger partial charge is 0.387 e. The maximum Gasteiger partial charge on any atom is 0.0916 e. The third kappa shape index (κ3) is 2.69. The molecule has 0 spiro atoms. The molecule has 0 bridgehead atoms. The predicted octanol–water partition coefficient (Wildman–Crippen LogP) is 1.90. The molecule has 2 N–H and O–H groups in total. The van der Waals surface area contributed by atoms with Gasteiger partial charge in [-0.05, 0) is 37.2 Å². The van der Waals surface area contributed by atoms with Crippen molar-refractivity contribution >= 4 is 11.6 Å². The molecule has 0 aromatic heterocycles. The Labute approximate surface area is 83.5 Å². The van der Waals surface area contributed by atoms with Crippen molar-refractivity contribution in [3.8, 4) is 0 Å². The zero-order valence-corrected chi connectivity index (χ0v) is 8.60. The van der Waals surface area contributed by atoms with Crippen molar-refractivity contribution in [3.05, 3.63) is 34.3 Å². The molecule has 0 heterocycles. The molecule has 72 valence electrons. The van der Waals surface area contributed by atoms with Gasteiger partial charge in [0, 0.05) is 11.6 Å². The number of likely N-dealkylation sites (N-methyl/N-ethyl adjacent to an activating group) is 1. The van der Waals surface area contributed by atoms with Gasteiger partial charge in [-0.1, -0.05) is 17.7 Å². The lowest BCUT2D eigenvalue weighted by Gasteiger charge is -2.13. The standard InChI is InChI=1S/C10H14ClNO/c1-7-5-8(11)3-4-9(7)10(13)6-12-2/h3-5,10,12-13H,6H2,1-2H3. The molecule has 2 nitrogen and oxygen atoms in total. The van der Waals surface area contributed by atoms with Gasteiger partial charge < -0.3 is 10.4 Å². The Kier molecular flexibility index (Phi) is 3.72. The van der Waals surface area contributed by atoms with Crippen LogP contribution in [-0.4, -0.2) is 18.7 Å². The van der Waals surface area contributed by atoms with Crippen molar-refractivity contribution in [3.63, 3.8) is 0 Å². The molecule has 0 aliphatic rings. The Bertz CT molecular complexity index is 288. The molecular formula is C10H14ClNO. The van der Waals surface area contributed by atoms with Gasteiger partial charge in [0.05, 0.1) is 6.10 Å². The molecule has 1 unspecified atom stereocenters. The maximum absolute atomic E-state index is 9.69. The molecule has 0 radical (unpaired) electrons. The van der Waals surface area contributed by atoms with Crippen LogP contribution in [0.4, 0.5) is 0 Å². The number of aliphatic hydroxyl groups is 1. The minimum atomic E-state index is -0.456. The summed E-state index contributed by atoms with van der Waals surface area (Å²) in [5.41, 5.74) is 1.95. The first-order chi connectivity index (χ1) is 6.15. The molecular weight excluding hydrogens is 186 g/mol. The fourth-order valence-electron chi connectivity index (χ4n) is 1.32. The zero-order chi connectivity index (χ0) is 9.84. The molecule has 0 aliphatic carbocycles. The van der Waals surface area contributed by atoms with Crippen LogP contribution >= 0.6 is 11.6 Å². The average Bonchev–Trinajstić information content (AvgIpc) is 2.04. The summed E-state index contributed by atoms with van der Waals surface area (Å²) in [6, 6.07) is 5.51. The summed E-state index contributed by atoms with van der Waals surface area (Å²) in [6.07, 6.45) is -0.456. The van der Waals surface area contributed by atoms with E-state index in [1.807, 2.05) is 26.1 Å². The normalized spacial score (nSPS) is 12.9. The third-order valence-corrected chi connectivity index (χ3v) is 2.22. The highest BCUT2D eigenvalue weighted by molar-refractivity contribution is 6.30. The molecule has 3 heteroatoms. The fraction of sp³-hybridized carbons (Fsp3) is 0.400. The van der Waals surface area contributed by atoms with E-state index < -0.39 is 6.10 Å². The molecule has 1 atom stereocenters. The number of hydrogen-bond donors (Lipinski definition) is 2. The molecule has 0 aliphatic heterocycles. The topological polar surface area (TPSA) is 32.3 Å². The molecule has 0 saturated carbocycles. The van der Waals surface area contributed by atoms with E-state index >= 15 is 0 Å². The summed E-state index contributed by atoms with van der Waals surface area (Å²) in [4.78, 5) is 0. The fourth-order valence-corrected chi connectivity index (χ4v) is 1.54. The van der Waals surface area contributed by atoms with E-state index in [1.165, 1.54) is 0 Å². The van der Waals surface area contributed by atoms with Crippen LogP contribution in [0.15, 0.2) is 18.2 Å². The van der Waals surface area contributed by atoms with Crippen LogP contribution in [-0.2, 0) is 0 Å². The quantitative estimate of drug-likeness (QED) is 0.780. The van der Waals surface area contributed by atoms with E-state index in [1.54, 1.807) is 6.07 Å². The molecule has 0 fully saturated rings. The van der Waals surface area contributed by atoms with Crippen molar-refractivity contribution in [2.24, 2.45) is 0 Å². The molecule has 13 heavy (non-hydrogen) atoms. The first kappa shape index (κ1) is 10.5. The van der Waals surface area contributed by atoms with Crippen LogP contribution in [0.2, 0.25) is 5.02 Å². The summed E-state index contributed by atoms with van der Waals surface area (Å²) < 4.78 is 0. The van der Waals surface area contributed by atoms with Crippen LogP contribution in [0.25, 0.3) is 0 Å². The second-order valence-corrected chi connectivity index (χ2v) is 3.51. The maximum atomic E-state index is 9.69. The second-order valence-electron chi connectivity index (χ2n) is 3.07. The van der Waals surface area contributed by atoms with Gasteiger partial charge in [0.25, 0.3) is 0 Å². The van der Waals surface area contributed by atoms with E-state index in [-0.39, 0.29) is 0 Å². The number of aryl methyl sites for hydroxylation is 1. The minimum Gasteiger partial charge on any atom is -0.387 e. The van der Waals surface area contributed by atoms with Gasteiger partial charge in [-0.15, -0.1) is 0 Å². The van der Waals surface area contributed by atoms with Crippen LogP contribution < -0.4 is 5.32 Å². The number of aliphatic hydroxyl groups excluding tert-OH is 1. The minimum absolute atomic E-state index is 0.456. The van der Waals surface area contributed by atoms with E-state index in [9.17, 15) is 5.11 Å². The summed E-state index contributed by atoms with van der Waals surface area (Å²) in [5.74, 6) is 0. The van der Waals surface area contributed by atoms with Gasteiger partial charge in [0.1, 0.15) is 0 Å². The van der Waals surface area contributed by atoms with Gasteiger partial charge >= 0.3 is 0 Å². The summed E-state index contributed by atoms with van der Waals surface area (Å²) >= 11 is 5.80. The highest BCUT2D eigenvalue weighted by Gasteiger charge is 2.08. The molecule has 1 aromatic rings. The second kappa shape index (κ2) is 4.61. The predicted molar refractivity (Wildman–Crippen MR) is 55.1 cm³/mol. The smallest absolute Gasteiger partial charge is 0.0916 e. The van der Waals surface area contributed by atoms with E-state index in [2.05, 4.69) is 5.32 Å². The lowest BCUT2D eigenvalue weighted by Crippen LogP contribution is -2.17. The molecule has 1 rings (SSSR count). The van der Waals surface area contributed by atoms with Crippen LogP contribution in [0, 0.1) is 6.92 Å². The summed E-state index contributed by atoms with van der Waals surface area (Å²) in [6.45, 7) is 2.50. The Morgan fingerprint density at radius 2 is 2.23 bits per heavy atom. The van der Waals surface area contributed by atoms with Crippen molar-refractivity contribution < 1.29 is 5.11 Å². The molecule has 0 amide bonds. The Hall–Kier alpha value is -0.570. The lowest BCUT2D eigenvalue weighted by atomic mass is 10.0. The van der Waals surface area contributed by atoms with Gasteiger partial charge in [-0.2, -0.15) is 0 Å². The summed E-state index contributed by atoms with van der Waals surface area (Å²) in [7, 11) is 1.81. The Morgan fingerprint density at radius 1 is 1.54 bits per heavy atom. The molecule has 1 aromatic carbocycles. The Morgan fingerprint density at radius 3 is 2.77 bits per heavy atom. The highest BCUT2D eigenvalue weighted by atomic mass is 35.5. The lowest BCUT2D eigenvalue weighted by molar-refractivity contribution is 0.177. The van der Waals surface area contributed by atoms with E-state index in [4.69, 9.17) is 11.6 Å². The number of nitrogens with one attached hydrogen (secondary N) is 1. The van der Waals surface area contributed by atoms with Crippen molar-refractivity contribution in [2.45, 2.75) is 13.0 Å².